The first-order valence-electron chi connectivity index (χ1n) is 9.47. The van der Waals surface area contributed by atoms with E-state index < -0.39 is 0 Å². The van der Waals surface area contributed by atoms with E-state index in [1.54, 1.807) is 0 Å². The molecule has 0 radical (unpaired) electrons. The van der Waals surface area contributed by atoms with Gasteiger partial charge in [-0.1, -0.05) is 41.9 Å². The fourth-order valence-corrected chi connectivity index (χ4v) is 3.60. The Labute approximate surface area is 173 Å². The Morgan fingerprint density at radius 1 is 0.897 bits per heavy atom. The van der Waals surface area contributed by atoms with Gasteiger partial charge in [-0.15, -0.1) is 0 Å². The van der Waals surface area contributed by atoms with Gasteiger partial charge in [0.15, 0.2) is 0 Å². The molecule has 3 aromatic carbocycles. The van der Waals surface area contributed by atoms with Gasteiger partial charge in [0.1, 0.15) is 11.5 Å². The maximum Gasteiger partial charge on any atom is 0.142 e. The number of para-hydroxylation sites is 1. The van der Waals surface area contributed by atoms with E-state index in [0.29, 0.717) is 5.02 Å². The number of hydrogen-bond donors (Lipinski definition) is 1. The number of hydrogen-bond acceptors (Lipinski definition) is 2. The third kappa shape index (κ3) is 3.22. The first kappa shape index (κ1) is 17.7. The number of nitrogens with zero attached hydrogens (tertiary/aromatic N) is 3. The summed E-state index contributed by atoms with van der Waals surface area (Å²) in [5.74, 6) is 0.803. The molecule has 0 aliphatic carbocycles. The highest BCUT2D eigenvalue weighted by Crippen LogP contribution is 2.32. The Balaban J connectivity index is 1.72. The van der Waals surface area contributed by atoms with E-state index in [2.05, 4.69) is 31.0 Å². The fourth-order valence-electron chi connectivity index (χ4n) is 3.48. The zero-order valence-electron chi connectivity index (χ0n) is 16.1. The summed E-state index contributed by atoms with van der Waals surface area (Å²) in [4.78, 5) is 8.34. The van der Waals surface area contributed by atoms with Crippen LogP contribution in [0.5, 0.6) is 0 Å². The van der Waals surface area contributed by atoms with Crippen LogP contribution in [0, 0.1) is 13.8 Å². The summed E-state index contributed by atoms with van der Waals surface area (Å²) in [7, 11) is 0. The second kappa shape index (κ2) is 6.90. The zero-order chi connectivity index (χ0) is 20.0. The molecule has 0 fully saturated rings. The fraction of sp³-hybridized carbons (Fsp3) is 0.0833. The molecule has 0 saturated heterocycles. The highest BCUT2D eigenvalue weighted by Gasteiger charge is 2.17. The highest BCUT2D eigenvalue weighted by molar-refractivity contribution is 6.30. The molecular weight excluding hydrogens is 380 g/mol. The minimum Gasteiger partial charge on any atom is -0.338 e. The van der Waals surface area contributed by atoms with Crippen molar-refractivity contribution in [3.63, 3.8) is 0 Å². The quantitative estimate of drug-likeness (QED) is 0.384. The molecule has 1 N–H and O–H groups in total. The van der Waals surface area contributed by atoms with Gasteiger partial charge in [0.25, 0.3) is 0 Å². The lowest BCUT2D eigenvalue weighted by atomic mass is 10.1. The molecule has 0 spiro atoms. The molecule has 29 heavy (non-hydrogen) atoms. The SMILES string of the molecule is Cc1cc2nc(-c3cn(-c4ccccc4)nc3-c3ccc(Cl)cc3)[nH]c2cc1C. The summed E-state index contributed by atoms with van der Waals surface area (Å²) in [5.41, 5.74) is 8.25. The number of benzene rings is 3. The molecule has 5 rings (SSSR count). The molecule has 0 unspecified atom stereocenters. The number of imidazole rings is 1. The number of halogens is 1. The molecule has 142 valence electrons. The molecular formula is C24H19ClN4. The van der Waals surface area contributed by atoms with Gasteiger partial charge in [0.05, 0.1) is 22.3 Å². The van der Waals surface area contributed by atoms with Crippen LogP contribution >= 0.6 is 11.6 Å². The first-order valence-corrected chi connectivity index (χ1v) is 9.84. The standard InChI is InChI=1S/C24H19ClN4/c1-15-12-21-22(13-16(15)2)27-24(26-21)20-14-29(19-6-4-3-5-7-19)28-23(20)17-8-10-18(25)11-9-17/h3-14H,1-2H3,(H,26,27). The predicted molar refractivity (Wildman–Crippen MR) is 119 cm³/mol. The van der Waals surface area contributed by atoms with E-state index in [9.17, 15) is 0 Å². The van der Waals surface area contributed by atoms with E-state index in [0.717, 1.165) is 39.4 Å². The van der Waals surface area contributed by atoms with Gasteiger partial charge in [-0.2, -0.15) is 5.10 Å². The van der Waals surface area contributed by atoms with Crippen molar-refractivity contribution < 1.29 is 0 Å². The number of fused-ring (bicyclic) bond motifs is 1. The predicted octanol–water partition coefficient (Wildman–Crippen LogP) is 6.35. The van der Waals surface area contributed by atoms with Crippen molar-refractivity contribution in [2.24, 2.45) is 0 Å². The lowest BCUT2D eigenvalue weighted by Crippen LogP contribution is -1.93. The number of aromatic nitrogens is 4. The smallest absolute Gasteiger partial charge is 0.142 e. The highest BCUT2D eigenvalue weighted by atomic mass is 35.5. The number of nitrogens with one attached hydrogen (secondary N) is 1. The van der Waals surface area contributed by atoms with E-state index in [-0.39, 0.29) is 0 Å². The summed E-state index contributed by atoms with van der Waals surface area (Å²) >= 11 is 6.10. The number of rotatable bonds is 3. The van der Waals surface area contributed by atoms with E-state index >= 15 is 0 Å². The third-order valence-electron chi connectivity index (χ3n) is 5.21. The van der Waals surface area contributed by atoms with Crippen molar-refractivity contribution in [1.82, 2.24) is 19.7 Å². The summed E-state index contributed by atoms with van der Waals surface area (Å²) in [6.45, 7) is 4.22. The zero-order valence-corrected chi connectivity index (χ0v) is 16.9. The minimum absolute atomic E-state index is 0.701. The average molecular weight is 399 g/mol. The minimum atomic E-state index is 0.701. The van der Waals surface area contributed by atoms with E-state index in [1.807, 2.05) is 65.5 Å². The largest absolute Gasteiger partial charge is 0.338 e. The van der Waals surface area contributed by atoms with Crippen molar-refractivity contribution in [2.45, 2.75) is 13.8 Å². The Kier molecular flexibility index (Phi) is 4.22. The van der Waals surface area contributed by atoms with Gasteiger partial charge >= 0.3 is 0 Å². The average Bonchev–Trinajstić information content (AvgIpc) is 3.34. The Morgan fingerprint density at radius 2 is 1.62 bits per heavy atom. The molecule has 0 bridgehead atoms. The van der Waals surface area contributed by atoms with Crippen LogP contribution in [-0.2, 0) is 0 Å². The van der Waals surface area contributed by atoms with Gasteiger partial charge in [-0.25, -0.2) is 9.67 Å². The summed E-state index contributed by atoms with van der Waals surface area (Å²) < 4.78 is 1.89. The van der Waals surface area contributed by atoms with Crippen LogP contribution in [0.1, 0.15) is 11.1 Å². The molecule has 0 aliphatic heterocycles. The molecule has 2 heterocycles. The Morgan fingerprint density at radius 3 is 2.38 bits per heavy atom. The van der Waals surface area contributed by atoms with Crippen LogP contribution in [0.3, 0.4) is 0 Å². The lowest BCUT2D eigenvalue weighted by molar-refractivity contribution is 0.884. The van der Waals surface area contributed by atoms with Crippen molar-refractivity contribution in [2.75, 3.05) is 0 Å². The maximum absolute atomic E-state index is 6.10. The van der Waals surface area contributed by atoms with Crippen LogP contribution in [0.4, 0.5) is 0 Å². The van der Waals surface area contributed by atoms with Crippen molar-refractivity contribution in [3.05, 3.63) is 89.1 Å². The van der Waals surface area contributed by atoms with Crippen molar-refractivity contribution in [3.8, 4) is 28.3 Å². The molecule has 5 aromatic rings. The normalized spacial score (nSPS) is 11.3. The van der Waals surface area contributed by atoms with Crippen LogP contribution in [0.15, 0.2) is 72.9 Å². The molecule has 4 nitrogen and oxygen atoms in total. The van der Waals surface area contributed by atoms with Crippen LogP contribution < -0.4 is 0 Å². The second-order valence-electron chi connectivity index (χ2n) is 7.22. The summed E-state index contributed by atoms with van der Waals surface area (Å²) in [6.07, 6.45) is 2.02. The van der Waals surface area contributed by atoms with Gasteiger partial charge in [0.2, 0.25) is 0 Å². The second-order valence-corrected chi connectivity index (χ2v) is 7.65. The number of aryl methyl sites for hydroxylation is 2. The van der Waals surface area contributed by atoms with E-state index in [1.165, 1.54) is 11.1 Å². The van der Waals surface area contributed by atoms with Crippen LogP contribution in [-0.4, -0.2) is 19.7 Å². The van der Waals surface area contributed by atoms with Crippen molar-refractivity contribution >= 4 is 22.6 Å². The van der Waals surface area contributed by atoms with Gasteiger partial charge < -0.3 is 4.98 Å². The third-order valence-corrected chi connectivity index (χ3v) is 5.46. The van der Waals surface area contributed by atoms with Gasteiger partial charge in [-0.3, -0.25) is 0 Å². The summed E-state index contributed by atoms with van der Waals surface area (Å²) in [5, 5.41) is 5.58. The molecule has 0 saturated carbocycles. The van der Waals surface area contributed by atoms with Gasteiger partial charge in [0, 0.05) is 16.8 Å². The lowest BCUT2D eigenvalue weighted by Gasteiger charge is -2.01. The topological polar surface area (TPSA) is 46.5 Å². The van der Waals surface area contributed by atoms with Crippen molar-refractivity contribution in [1.29, 1.82) is 0 Å². The molecule has 0 aliphatic rings. The maximum atomic E-state index is 6.10. The molecule has 0 atom stereocenters. The van der Waals surface area contributed by atoms with Gasteiger partial charge in [-0.05, 0) is 61.4 Å². The number of H-pyrrole nitrogens is 1. The Hall–Kier alpha value is -3.37. The first-order chi connectivity index (χ1) is 14.1. The van der Waals surface area contributed by atoms with Crippen LogP contribution in [0.2, 0.25) is 5.02 Å². The molecule has 0 amide bonds. The number of aromatic amines is 1. The monoisotopic (exact) mass is 398 g/mol. The molecule has 5 heteroatoms. The van der Waals surface area contributed by atoms with E-state index in [4.69, 9.17) is 21.7 Å². The Bertz CT molecular complexity index is 1280. The summed E-state index contributed by atoms with van der Waals surface area (Å²) in [6, 6.07) is 22.1. The molecule has 2 aromatic heterocycles. The van der Waals surface area contributed by atoms with Crippen LogP contribution in [0.25, 0.3) is 39.4 Å².